The van der Waals surface area contributed by atoms with Gasteiger partial charge in [0.15, 0.2) is 5.78 Å². The number of benzene rings is 1. The summed E-state index contributed by atoms with van der Waals surface area (Å²) < 4.78 is 6.15. The molecule has 1 unspecified atom stereocenters. The summed E-state index contributed by atoms with van der Waals surface area (Å²) in [6.07, 6.45) is 8.85. The van der Waals surface area contributed by atoms with Crippen LogP contribution in [0.1, 0.15) is 46.1 Å². The highest BCUT2D eigenvalue weighted by molar-refractivity contribution is 5.97. The van der Waals surface area contributed by atoms with Crippen molar-refractivity contribution < 1.29 is 19.1 Å². The molecule has 1 aromatic carbocycles. The van der Waals surface area contributed by atoms with Crippen molar-refractivity contribution in [1.29, 1.82) is 0 Å². The molecule has 1 aliphatic carbocycles. The molecule has 5 heteroatoms. The lowest BCUT2D eigenvalue weighted by Crippen LogP contribution is -2.56. The van der Waals surface area contributed by atoms with Crippen LogP contribution in [0, 0.1) is 23.7 Å². The minimum atomic E-state index is -1.29. The van der Waals surface area contributed by atoms with Gasteiger partial charge in [0, 0.05) is 23.8 Å². The van der Waals surface area contributed by atoms with Gasteiger partial charge in [-0.3, -0.25) is 14.4 Å². The second-order valence-electron chi connectivity index (χ2n) is 9.81. The van der Waals surface area contributed by atoms with E-state index in [0.717, 1.165) is 5.56 Å². The minimum Gasteiger partial charge on any atom is -0.447 e. The van der Waals surface area contributed by atoms with Crippen LogP contribution in [-0.4, -0.2) is 29.3 Å². The normalized spacial score (nSPS) is 34.7. The van der Waals surface area contributed by atoms with E-state index in [4.69, 9.17) is 4.74 Å². The Morgan fingerprint density at radius 1 is 1.09 bits per heavy atom. The number of hydrogen-bond acceptors (Lipinski definition) is 4. The summed E-state index contributed by atoms with van der Waals surface area (Å²) in [7, 11) is 0. The molecule has 1 saturated heterocycles. The van der Waals surface area contributed by atoms with Crippen molar-refractivity contribution in [3.63, 3.8) is 0 Å². The van der Waals surface area contributed by atoms with Crippen LogP contribution in [0.15, 0.2) is 65.8 Å². The Labute approximate surface area is 196 Å². The highest BCUT2D eigenvalue weighted by Crippen LogP contribution is 2.50. The predicted octanol–water partition coefficient (Wildman–Crippen LogP) is 4.34. The molecule has 0 aromatic heterocycles. The van der Waals surface area contributed by atoms with Crippen LogP contribution >= 0.6 is 0 Å². The molecule has 1 aromatic rings. The maximum absolute atomic E-state index is 13.6. The van der Waals surface area contributed by atoms with E-state index in [0.29, 0.717) is 18.4 Å². The van der Waals surface area contributed by atoms with Gasteiger partial charge in [0.2, 0.25) is 5.60 Å². The SMILES string of the molecule is CC1=CCC(=O)O[C@@]23C(=O)NC(Cc4ccccc4)[C@@H]2[C@H](C)C(C)=C[C@@H]3C=CC[C@H](C)C1=O. The first-order valence-electron chi connectivity index (χ1n) is 11.9. The highest BCUT2D eigenvalue weighted by atomic mass is 16.6. The van der Waals surface area contributed by atoms with Gasteiger partial charge < -0.3 is 10.1 Å². The molecule has 6 atom stereocenters. The van der Waals surface area contributed by atoms with Gasteiger partial charge in [-0.1, -0.05) is 74.1 Å². The second-order valence-corrected chi connectivity index (χ2v) is 9.81. The van der Waals surface area contributed by atoms with Gasteiger partial charge in [0.05, 0.1) is 6.42 Å². The van der Waals surface area contributed by atoms with Crippen molar-refractivity contribution >= 4 is 17.7 Å². The van der Waals surface area contributed by atoms with Crippen LogP contribution in [-0.2, 0) is 25.5 Å². The lowest BCUT2D eigenvalue weighted by molar-refractivity contribution is -0.176. The Morgan fingerprint density at radius 2 is 1.82 bits per heavy atom. The Hall–Kier alpha value is -2.95. The van der Waals surface area contributed by atoms with E-state index in [-0.39, 0.29) is 47.8 Å². The predicted molar refractivity (Wildman–Crippen MR) is 127 cm³/mol. The summed E-state index contributed by atoms with van der Waals surface area (Å²) >= 11 is 0. The average molecular weight is 448 g/mol. The second kappa shape index (κ2) is 9.12. The summed E-state index contributed by atoms with van der Waals surface area (Å²) in [4.78, 5) is 39.2. The van der Waals surface area contributed by atoms with E-state index in [1.165, 1.54) is 5.57 Å². The largest absolute Gasteiger partial charge is 0.447 e. The zero-order valence-electron chi connectivity index (χ0n) is 19.8. The number of allylic oxidation sites excluding steroid dienone is 3. The molecule has 1 N–H and O–H groups in total. The molecule has 0 bridgehead atoms. The summed E-state index contributed by atoms with van der Waals surface area (Å²) in [6, 6.07) is 9.94. The third-order valence-electron chi connectivity index (χ3n) is 7.62. The number of carbonyl (C=O) groups is 3. The topological polar surface area (TPSA) is 72.5 Å². The van der Waals surface area contributed by atoms with E-state index in [9.17, 15) is 14.4 Å². The third kappa shape index (κ3) is 4.21. The molecular formula is C28H33NO4. The molecule has 33 heavy (non-hydrogen) atoms. The lowest BCUT2D eigenvalue weighted by atomic mass is 9.63. The number of Topliss-reactive ketones (excluding diaryl/α,β-unsaturated/α-hetero) is 1. The first-order valence-corrected chi connectivity index (χ1v) is 11.9. The van der Waals surface area contributed by atoms with Crippen molar-refractivity contribution in [3.8, 4) is 0 Å². The van der Waals surface area contributed by atoms with Crippen molar-refractivity contribution in [2.75, 3.05) is 0 Å². The van der Waals surface area contributed by atoms with Crippen molar-refractivity contribution in [3.05, 3.63) is 71.3 Å². The quantitative estimate of drug-likeness (QED) is 0.541. The fourth-order valence-corrected chi connectivity index (χ4v) is 5.68. The van der Waals surface area contributed by atoms with Gasteiger partial charge in [-0.25, -0.2) is 0 Å². The minimum absolute atomic E-state index is 0.0249. The molecule has 5 nitrogen and oxygen atoms in total. The number of nitrogens with one attached hydrogen (secondary N) is 1. The summed E-state index contributed by atoms with van der Waals surface area (Å²) in [6.45, 7) is 7.83. The maximum atomic E-state index is 13.6. The van der Waals surface area contributed by atoms with Gasteiger partial charge >= 0.3 is 5.97 Å². The Kier molecular flexibility index (Phi) is 6.42. The van der Waals surface area contributed by atoms with E-state index in [1.807, 2.05) is 37.3 Å². The average Bonchev–Trinajstić information content (AvgIpc) is 3.06. The van der Waals surface area contributed by atoms with E-state index < -0.39 is 11.6 Å². The van der Waals surface area contributed by atoms with E-state index in [2.05, 4.69) is 37.4 Å². The van der Waals surface area contributed by atoms with Crippen LogP contribution in [0.4, 0.5) is 0 Å². The number of esters is 1. The van der Waals surface area contributed by atoms with Crippen molar-refractivity contribution in [1.82, 2.24) is 5.32 Å². The number of rotatable bonds is 2. The first kappa shape index (κ1) is 23.2. The Morgan fingerprint density at radius 3 is 2.55 bits per heavy atom. The van der Waals surface area contributed by atoms with Crippen LogP contribution < -0.4 is 5.32 Å². The van der Waals surface area contributed by atoms with Gasteiger partial charge in [-0.05, 0) is 43.7 Å². The van der Waals surface area contributed by atoms with Gasteiger partial charge in [-0.15, -0.1) is 0 Å². The molecule has 1 amide bonds. The third-order valence-corrected chi connectivity index (χ3v) is 7.62. The molecule has 174 valence electrons. The van der Waals surface area contributed by atoms with Crippen molar-refractivity contribution in [2.45, 2.75) is 58.6 Å². The van der Waals surface area contributed by atoms with E-state index >= 15 is 0 Å². The molecule has 4 rings (SSSR count). The first-order chi connectivity index (χ1) is 15.7. The molecule has 2 heterocycles. The number of carbonyl (C=O) groups excluding carboxylic acids is 3. The van der Waals surface area contributed by atoms with Crippen LogP contribution in [0.3, 0.4) is 0 Å². The zero-order chi connectivity index (χ0) is 23.8. The fourth-order valence-electron chi connectivity index (χ4n) is 5.68. The highest BCUT2D eigenvalue weighted by Gasteiger charge is 2.64. The van der Waals surface area contributed by atoms with Gasteiger partial charge in [0.25, 0.3) is 5.91 Å². The molecule has 0 saturated carbocycles. The number of ether oxygens (including phenoxy) is 1. The molecular weight excluding hydrogens is 414 g/mol. The maximum Gasteiger partial charge on any atom is 0.310 e. The van der Waals surface area contributed by atoms with Gasteiger partial charge in [-0.2, -0.15) is 0 Å². The van der Waals surface area contributed by atoms with Crippen LogP contribution in [0.25, 0.3) is 0 Å². The smallest absolute Gasteiger partial charge is 0.310 e. The van der Waals surface area contributed by atoms with Crippen LogP contribution in [0.5, 0.6) is 0 Å². The zero-order valence-corrected chi connectivity index (χ0v) is 19.8. The summed E-state index contributed by atoms with van der Waals surface area (Å²) in [5, 5.41) is 3.19. The summed E-state index contributed by atoms with van der Waals surface area (Å²) in [5.41, 5.74) is 1.59. The lowest BCUT2D eigenvalue weighted by Gasteiger charge is -2.44. The fraction of sp³-hybridized carbons (Fsp3) is 0.464. The number of ketones is 1. The van der Waals surface area contributed by atoms with E-state index in [1.54, 1.807) is 13.0 Å². The molecule has 3 aliphatic rings. The monoisotopic (exact) mass is 447 g/mol. The standard InChI is InChI=1S/C28H33NO4/c1-17-9-8-12-22-15-19(3)20(4)25-23(16-21-10-6-5-7-11-21)29-27(32)28(22,25)33-24(30)14-13-18(2)26(17)31/h5-8,10-13,15,17,20,22-23,25H,9,14,16H2,1-4H3,(H,29,32)/t17-,20+,22-,23?,25-,28+/m0/s1. The Balaban J connectivity index is 1.78. The van der Waals surface area contributed by atoms with Crippen molar-refractivity contribution in [2.24, 2.45) is 23.7 Å². The number of amides is 1. The number of hydrogen-bond donors (Lipinski definition) is 1. The molecule has 1 spiro atoms. The molecule has 2 aliphatic heterocycles. The molecule has 1 fully saturated rings. The summed E-state index contributed by atoms with van der Waals surface area (Å²) in [5.74, 6) is -1.36. The van der Waals surface area contributed by atoms with Gasteiger partial charge in [0.1, 0.15) is 0 Å². The molecule has 0 radical (unpaired) electrons. The van der Waals surface area contributed by atoms with Crippen LogP contribution in [0.2, 0.25) is 0 Å². The Bertz CT molecular complexity index is 1040.